The molecule has 196 valence electrons. The van der Waals surface area contributed by atoms with E-state index in [9.17, 15) is 0 Å². The molecule has 0 saturated carbocycles. The number of aromatic nitrogens is 1. The largest absolute Gasteiger partial charge is 0.456 e. The van der Waals surface area contributed by atoms with Crippen LogP contribution in [0.1, 0.15) is 48.2 Å². The maximum absolute atomic E-state index is 6.62. The Morgan fingerprint density at radius 1 is 0.875 bits per heavy atom. The van der Waals surface area contributed by atoms with Crippen molar-refractivity contribution in [3.63, 3.8) is 0 Å². The van der Waals surface area contributed by atoms with Gasteiger partial charge in [-0.15, -0.1) is 11.3 Å². The lowest BCUT2D eigenvalue weighted by atomic mass is 9.99. The van der Waals surface area contributed by atoms with Gasteiger partial charge in [-0.3, -0.25) is 0 Å². The summed E-state index contributed by atoms with van der Waals surface area (Å²) in [6, 6.07) is 28.4. The summed E-state index contributed by atoms with van der Waals surface area (Å²) in [7, 11) is 0. The summed E-state index contributed by atoms with van der Waals surface area (Å²) in [6.45, 7) is 8.88. The van der Waals surface area contributed by atoms with Crippen LogP contribution in [0.2, 0.25) is 0 Å². The highest BCUT2D eigenvalue weighted by atomic mass is 32.1. The molecule has 0 amide bonds. The number of nitrogens with zero attached hydrogens (tertiary/aromatic N) is 2. The van der Waals surface area contributed by atoms with Crippen LogP contribution in [0.15, 0.2) is 89.5 Å². The number of rotatable bonds is 3. The minimum Gasteiger partial charge on any atom is -0.456 e. The van der Waals surface area contributed by atoms with E-state index in [0.717, 1.165) is 27.2 Å². The molecule has 7 aromatic rings. The zero-order valence-electron chi connectivity index (χ0n) is 22.9. The van der Waals surface area contributed by atoms with E-state index in [1.165, 1.54) is 54.3 Å². The normalized spacial score (nSPS) is 15.1. The lowest BCUT2D eigenvalue weighted by Crippen LogP contribution is -2.25. The zero-order chi connectivity index (χ0) is 27.1. The van der Waals surface area contributed by atoms with E-state index in [4.69, 9.17) is 4.42 Å². The second-order valence-electron chi connectivity index (χ2n) is 11.2. The molecule has 1 N–H and O–H groups in total. The van der Waals surface area contributed by atoms with Crippen LogP contribution in [0.3, 0.4) is 0 Å². The van der Waals surface area contributed by atoms with Crippen molar-refractivity contribution in [2.75, 3.05) is 10.2 Å². The zero-order valence-corrected chi connectivity index (χ0v) is 23.8. The van der Waals surface area contributed by atoms with Crippen LogP contribution in [0.5, 0.6) is 0 Å². The van der Waals surface area contributed by atoms with Gasteiger partial charge in [0.05, 0.1) is 17.1 Å². The fourth-order valence-electron chi connectivity index (χ4n) is 6.47. The highest BCUT2D eigenvalue weighted by Crippen LogP contribution is 2.51. The SMILES string of the molecule is Cc1cc2c(oc3cc(C(C)C)ccc32)c(C)c1N1c2ccccc2NC1c1cccc2c1sc1ncccc12. The molecule has 0 saturated heterocycles. The molecule has 4 nitrogen and oxygen atoms in total. The number of nitrogens with one attached hydrogen (secondary N) is 1. The molecule has 0 fully saturated rings. The van der Waals surface area contributed by atoms with E-state index >= 15 is 0 Å². The summed E-state index contributed by atoms with van der Waals surface area (Å²) in [5.74, 6) is 0.454. The molecule has 1 unspecified atom stereocenters. The molecule has 4 aromatic carbocycles. The minimum atomic E-state index is -0.0686. The number of para-hydroxylation sites is 2. The number of anilines is 3. The number of furan rings is 1. The van der Waals surface area contributed by atoms with Crippen LogP contribution in [0.25, 0.3) is 42.2 Å². The summed E-state index contributed by atoms with van der Waals surface area (Å²) < 4.78 is 7.89. The first-order valence-corrected chi connectivity index (χ1v) is 14.7. The lowest BCUT2D eigenvalue weighted by molar-refractivity contribution is 0.663. The van der Waals surface area contributed by atoms with Crippen LogP contribution in [-0.2, 0) is 0 Å². The topological polar surface area (TPSA) is 41.3 Å². The number of benzene rings is 4. The standard InChI is InChI=1S/C35H29N3OS/c1-19(2)22-14-15-23-27-17-20(3)31(21(4)32(27)39-30(23)18-22)38-29-13-6-5-12-28(29)37-34(38)26-10-7-9-24-25-11-8-16-36-35(25)40-33(24)26/h5-19,34,37H,1-4H3. The molecule has 4 heterocycles. The van der Waals surface area contributed by atoms with Crippen molar-refractivity contribution in [2.24, 2.45) is 0 Å². The average Bonchev–Trinajstić information content (AvgIpc) is 3.64. The lowest BCUT2D eigenvalue weighted by Gasteiger charge is -2.30. The van der Waals surface area contributed by atoms with Gasteiger partial charge in [-0.25, -0.2) is 4.98 Å². The Morgan fingerprint density at radius 2 is 1.73 bits per heavy atom. The van der Waals surface area contributed by atoms with E-state index in [2.05, 4.69) is 116 Å². The third-order valence-electron chi connectivity index (χ3n) is 8.40. The minimum absolute atomic E-state index is 0.0686. The number of aryl methyl sites for hydroxylation is 2. The second kappa shape index (κ2) is 8.57. The van der Waals surface area contributed by atoms with Gasteiger partial charge in [-0.05, 0) is 67.3 Å². The molecule has 1 aliphatic heterocycles. The molecule has 1 atom stereocenters. The van der Waals surface area contributed by atoms with E-state index < -0.39 is 0 Å². The van der Waals surface area contributed by atoms with Crippen molar-refractivity contribution in [3.05, 3.63) is 107 Å². The van der Waals surface area contributed by atoms with Crippen molar-refractivity contribution in [1.82, 2.24) is 4.98 Å². The Kier molecular flexibility index (Phi) is 5.04. The highest BCUT2D eigenvalue weighted by Gasteiger charge is 2.35. The van der Waals surface area contributed by atoms with Gasteiger partial charge in [0.2, 0.25) is 0 Å². The monoisotopic (exact) mass is 539 g/mol. The van der Waals surface area contributed by atoms with Crippen molar-refractivity contribution in [1.29, 1.82) is 0 Å². The summed E-state index contributed by atoms with van der Waals surface area (Å²) in [5.41, 5.74) is 10.4. The fourth-order valence-corrected chi connectivity index (χ4v) is 7.65. The number of thiophene rings is 1. The first-order valence-electron chi connectivity index (χ1n) is 13.9. The molecule has 40 heavy (non-hydrogen) atoms. The van der Waals surface area contributed by atoms with Crippen LogP contribution in [0.4, 0.5) is 17.1 Å². The predicted molar refractivity (Wildman–Crippen MR) is 169 cm³/mol. The van der Waals surface area contributed by atoms with E-state index in [0.29, 0.717) is 5.92 Å². The number of pyridine rings is 1. The van der Waals surface area contributed by atoms with Crippen molar-refractivity contribution >= 4 is 70.6 Å². The molecule has 8 rings (SSSR count). The summed E-state index contributed by atoms with van der Waals surface area (Å²) >= 11 is 1.77. The Hall–Kier alpha value is -4.35. The van der Waals surface area contributed by atoms with Crippen LogP contribution < -0.4 is 10.2 Å². The van der Waals surface area contributed by atoms with E-state index in [-0.39, 0.29) is 6.17 Å². The maximum Gasteiger partial charge on any atom is 0.140 e. The number of hydrogen-bond donors (Lipinski definition) is 1. The predicted octanol–water partition coefficient (Wildman–Crippen LogP) is 10.4. The molecular formula is C35H29N3OS. The summed E-state index contributed by atoms with van der Waals surface area (Å²) in [5, 5.41) is 8.69. The quantitative estimate of drug-likeness (QED) is 0.242. The van der Waals surface area contributed by atoms with Crippen molar-refractivity contribution in [2.45, 2.75) is 39.8 Å². The van der Waals surface area contributed by atoms with E-state index in [1.807, 2.05) is 12.3 Å². The molecular weight excluding hydrogens is 510 g/mol. The van der Waals surface area contributed by atoms with Gasteiger partial charge in [0.1, 0.15) is 22.2 Å². The Morgan fingerprint density at radius 3 is 2.60 bits per heavy atom. The molecule has 0 radical (unpaired) electrons. The van der Waals surface area contributed by atoms with Gasteiger partial charge in [0.15, 0.2) is 0 Å². The molecule has 0 spiro atoms. The maximum atomic E-state index is 6.62. The Balaban J connectivity index is 1.37. The molecule has 5 heteroatoms. The second-order valence-corrected chi connectivity index (χ2v) is 12.2. The van der Waals surface area contributed by atoms with E-state index in [1.54, 1.807) is 11.3 Å². The van der Waals surface area contributed by atoms with Gasteiger partial charge in [0.25, 0.3) is 0 Å². The van der Waals surface area contributed by atoms with Gasteiger partial charge < -0.3 is 14.6 Å². The third-order valence-corrected chi connectivity index (χ3v) is 9.58. The molecule has 0 bridgehead atoms. The van der Waals surface area contributed by atoms with Crippen LogP contribution in [0, 0.1) is 13.8 Å². The number of fused-ring (bicyclic) bond motifs is 7. The van der Waals surface area contributed by atoms with Crippen LogP contribution in [-0.4, -0.2) is 4.98 Å². The van der Waals surface area contributed by atoms with Gasteiger partial charge in [-0.1, -0.05) is 56.3 Å². The van der Waals surface area contributed by atoms with Crippen molar-refractivity contribution < 1.29 is 4.42 Å². The molecule has 3 aromatic heterocycles. The first kappa shape index (κ1) is 23.5. The van der Waals surface area contributed by atoms with Crippen molar-refractivity contribution in [3.8, 4) is 0 Å². The number of hydrogen-bond acceptors (Lipinski definition) is 5. The Labute approximate surface area is 236 Å². The smallest absolute Gasteiger partial charge is 0.140 e. The fraction of sp³-hybridized carbons (Fsp3) is 0.171. The summed E-state index contributed by atoms with van der Waals surface area (Å²) in [4.78, 5) is 8.22. The Bertz CT molecular complexity index is 2120. The van der Waals surface area contributed by atoms with Gasteiger partial charge in [-0.2, -0.15) is 0 Å². The highest BCUT2D eigenvalue weighted by molar-refractivity contribution is 7.25. The average molecular weight is 540 g/mol. The van der Waals surface area contributed by atoms with Gasteiger partial charge in [0, 0.05) is 43.6 Å². The van der Waals surface area contributed by atoms with Gasteiger partial charge >= 0.3 is 0 Å². The molecule has 1 aliphatic rings. The first-order chi connectivity index (χ1) is 19.5. The summed E-state index contributed by atoms with van der Waals surface area (Å²) in [6.07, 6.45) is 1.81. The molecule has 0 aliphatic carbocycles. The van der Waals surface area contributed by atoms with Crippen LogP contribution >= 0.6 is 11.3 Å². The third kappa shape index (κ3) is 3.28.